The maximum atomic E-state index is 14.5. The molecule has 2 aromatic carbocycles. The van der Waals surface area contributed by atoms with Gasteiger partial charge in [-0.15, -0.1) is 11.3 Å². The molecule has 5 heterocycles. The van der Waals surface area contributed by atoms with Crippen molar-refractivity contribution < 1.29 is 60.7 Å². The van der Waals surface area contributed by atoms with Gasteiger partial charge in [-0.25, -0.2) is 23.0 Å². The number of alkyl carbamates (subject to hydrolysis) is 1. The summed E-state index contributed by atoms with van der Waals surface area (Å²) in [5.41, 5.74) is 1.49. The number of thiazole rings is 1. The first-order chi connectivity index (χ1) is 29.4. The Labute approximate surface area is 356 Å². The summed E-state index contributed by atoms with van der Waals surface area (Å²) in [6, 6.07) is 11.9. The van der Waals surface area contributed by atoms with Crippen molar-refractivity contribution in [1.82, 2.24) is 24.8 Å². The van der Waals surface area contributed by atoms with Gasteiger partial charge in [-0.2, -0.15) is 9.40 Å². The number of aryl methyl sites for hydroxylation is 1. The summed E-state index contributed by atoms with van der Waals surface area (Å²) in [5.74, 6) is -0.242. The van der Waals surface area contributed by atoms with Crippen molar-refractivity contribution in [3.63, 3.8) is 0 Å². The molecule has 7 rings (SSSR count). The molecule has 0 radical (unpaired) electrons. The zero-order valence-corrected chi connectivity index (χ0v) is 35.4. The molecule has 2 fully saturated rings. The number of hydrogen-bond acceptors (Lipinski definition) is 16. The molecular weight excluding hydrogens is 837 g/mol. The van der Waals surface area contributed by atoms with Crippen molar-refractivity contribution in [2.45, 2.75) is 69.7 Å². The number of amides is 2. The van der Waals surface area contributed by atoms with Crippen molar-refractivity contribution in [3.8, 4) is 17.2 Å². The fourth-order valence-corrected chi connectivity index (χ4v) is 9.24. The third-order valence-corrected chi connectivity index (χ3v) is 12.5. The van der Waals surface area contributed by atoms with Gasteiger partial charge in [-0.3, -0.25) is 9.89 Å². The van der Waals surface area contributed by atoms with E-state index in [-0.39, 0.29) is 55.5 Å². The highest BCUT2D eigenvalue weighted by Gasteiger charge is 2.44. The normalized spacial score (nSPS) is 19.1. The van der Waals surface area contributed by atoms with Crippen LogP contribution in [0, 0.1) is 18.8 Å². The summed E-state index contributed by atoms with van der Waals surface area (Å²) < 4.78 is 75.5. The summed E-state index contributed by atoms with van der Waals surface area (Å²) in [6.07, 6.45) is -1.07. The number of carbonyl (C=O) groups excluding carboxylic acids is 3. The van der Waals surface area contributed by atoms with Crippen LogP contribution in [0.25, 0.3) is 0 Å². The lowest BCUT2D eigenvalue weighted by Crippen LogP contribution is -2.53. The molecule has 2 aromatic heterocycles. The van der Waals surface area contributed by atoms with E-state index in [1.54, 1.807) is 30.3 Å². The maximum absolute atomic E-state index is 14.5. The molecule has 2 saturated heterocycles. The number of hydrogen-bond donors (Lipinski definition) is 3. The standard InChI is InChI=1S/C40H48N6O13S2/c1-24(2)16-46(61(50,51)29-8-9-32-33(15-29)57-23-56-32)17-34(58-38(48)21-52-20-37(47)44-36-10-12-41-45-36)31(43-40(49)59-35-19-55-39-30(35)11-13-53-39)14-26-4-6-28(7-5-26)54-18-27-22-60-25(3)42-27/h4-10,12,15,22,24,30-31,34-35,39H,11,13-14,16-21,23H2,1-3H3,(H,43,49)(H2,41,44,45,47)/t30-,31-,34+,35-,39+/m0/s1. The highest BCUT2D eigenvalue weighted by Crippen LogP contribution is 2.35. The number of carbonyl (C=O) groups is 3. The molecule has 3 N–H and O–H groups in total. The Hall–Kier alpha value is -5.32. The number of sulfonamides is 1. The molecule has 2 amide bonds. The molecule has 21 heteroatoms. The van der Waals surface area contributed by atoms with Gasteiger partial charge >= 0.3 is 12.1 Å². The van der Waals surface area contributed by atoms with Gasteiger partial charge in [0.05, 0.1) is 53.5 Å². The summed E-state index contributed by atoms with van der Waals surface area (Å²) in [6.45, 7) is 4.88. The first-order valence-electron chi connectivity index (χ1n) is 19.7. The number of ether oxygens (including phenoxy) is 8. The van der Waals surface area contributed by atoms with Crippen molar-refractivity contribution in [1.29, 1.82) is 0 Å². The SMILES string of the molecule is Cc1nc(COc2ccc(C[C@H](NC(=O)O[C@H]3CO[C@H]4OCC[C@H]43)[C@@H](CN(CC(C)C)S(=O)(=O)c3ccc4c(c3)OCO4)OC(=O)COCC(=O)Nc3ccn[nH]3)cc2)cs1. The van der Waals surface area contributed by atoms with Crippen LogP contribution >= 0.6 is 11.3 Å². The van der Waals surface area contributed by atoms with E-state index in [0.29, 0.717) is 35.9 Å². The van der Waals surface area contributed by atoms with E-state index in [0.717, 1.165) is 10.7 Å². The molecule has 5 atom stereocenters. The molecule has 19 nitrogen and oxygen atoms in total. The Morgan fingerprint density at radius 3 is 2.61 bits per heavy atom. The topological polar surface area (TPSA) is 228 Å². The van der Waals surface area contributed by atoms with Gasteiger partial charge in [0.15, 0.2) is 17.8 Å². The quantitative estimate of drug-likeness (QED) is 0.107. The second-order valence-corrected chi connectivity index (χ2v) is 18.0. The average Bonchev–Trinajstić information content (AvgIpc) is 4.08. The molecule has 0 bridgehead atoms. The molecular formula is C40H48N6O13S2. The number of benzene rings is 2. The van der Waals surface area contributed by atoms with Crippen molar-refractivity contribution >= 4 is 45.1 Å². The number of rotatable bonds is 20. The predicted octanol–water partition coefficient (Wildman–Crippen LogP) is 3.80. The highest BCUT2D eigenvalue weighted by atomic mass is 32.2. The van der Waals surface area contributed by atoms with Gasteiger partial charge in [-0.1, -0.05) is 26.0 Å². The summed E-state index contributed by atoms with van der Waals surface area (Å²) >= 11 is 1.53. The first-order valence-corrected chi connectivity index (χ1v) is 22.0. The van der Waals surface area contributed by atoms with E-state index < -0.39 is 72.3 Å². The number of anilines is 1. The summed E-state index contributed by atoms with van der Waals surface area (Å²) in [5, 5.41) is 14.6. The van der Waals surface area contributed by atoms with E-state index in [2.05, 4.69) is 25.8 Å². The Morgan fingerprint density at radius 1 is 1.03 bits per heavy atom. The van der Waals surface area contributed by atoms with Crippen LogP contribution in [0.3, 0.4) is 0 Å². The zero-order valence-electron chi connectivity index (χ0n) is 33.8. The third kappa shape index (κ3) is 11.7. The first kappa shape index (κ1) is 43.8. The van der Waals surface area contributed by atoms with Crippen LogP contribution in [0.15, 0.2) is 65.0 Å². The van der Waals surface area contributed by atoms with Crippen LogP contribution in [0.1, 0.15) is 36.5 Å². The molecule has 0 spiro atoms. The number of aromatic amines is 1. The minimum atomic E-state index is -4.28. The Bertz CT molecular complexity index is 2220. The van der Waals surface area contributed by atoms with Crippen LogP contribution in [0.4, 0.5) is 10.6 Å². The number of nitrogens with zero attached hydrogens (tertiary/aromatic N) is 3. The average molecular weight is 885 g/mol. The zero-order chi connectivity index (χ0) is 42.9. The Morgan fingerprint density at radius 2 is 1.85 bits per heavy atom. The monoisotopic (exact) mass is 884 g/mol. The number of nitrogens with one attached hydrogen (secondary N) is 3. The van der Waals surface area contributed by atoms with Gasteiger partial charge in [-0.05, 0) is 55.5 Å². The van der Waals surface area contributed by atoms with E-state index in [1.165, 1.54) is 40.0 Å². The van der Waals surface area contributed by atoms with Crippen LogP contribution < -0.4 is 24.8 Å². The number of H-pyrrole nitrogens is 1. The smallest absolute Gasteiger partial charge is 0.407 e. The van der Waals surface area contributed by atoms with E-state index in [1.807, 2.05) is 26.2 Å². The Kier molecular flexibility index (Phi) is 14.4. The van der Waals surface area contributed by atoms with Crippen molar-refractivity contribution in [3.05, 3.63) is 76.4 Å². The van der Waals surface area contributed by atoms with Crippen molar-refractivity contribution in [2.75, 3.05) is 51.6 Å². The van der Waals surface area contributed by atoms with Crippen LogP contribution in [0.5, 0.6) is 17.2 Å². The summed E-state index contributed by atoms with van der Waals surface area (Å²) in [4.78, 5) is 44.2. The number of aromatic nitrogens is 3. The maximum Gasteiger partial charge on any atom is 0.407 e. The van der Waals surface area contributed by atoms with Gasteiger partial charge in [0, 0.05) is 24.1 Å². The molecule has 4 aromatic rings. The minimum Gasteiger partial charge on any atom is -0.487 e. The van der Waals surface area contributed by atoms with Crippen LogP contribution in [-0.4, -0.2) is 117 Å². The van der Waals surface area contributed by atoms with Crippen LogP contribution in [-0.2, 0) is 56.3 Å². The second kappa shape index (κ2) is 20.0. The number of esters is 1. The van der Waals surface area contributed by atoms with E-state index in [4.69, 9.17) is 37.9 Å². The summed E-state index contributed by atoms with van der Waals surface area (Å²) in [7, 11) is -4.28. The van der Waals surface area contributed by atoms with E-state index in [9.17, 15) is 22.8 Å². The molecule has 0 unspecified atom stereocenters. The third-order valence-electron chi connectivity index (χ3n) is 9.87. The largest absolute Gasteiger partial charge is 0.487 e. The van der Waals surface area contributed by atoms with E-state index >= 15 is 0 Å². The minimum absolute atomic E-state index is 0.0132. The molecule has 61 heavy (non-hydrogen) atoms. The fraction of sp³-hybridized carbons (Fsp3) is 0.475. The second-order valence-electron chi connectivity index (χ2n) is 15.0. The van der Waals surface area contributed by atoms with Gasteiger partial charge in [0.2, 0.25) is 16.8 Å². The molecule has 3 aliphatic heterocycles. The number of fused-ring (bicyclic) bond motifs is 2. The molecule has 3 aliphatic rings. The van der Waals surface area contributed by atoms with Crippen LogP contribution in [0.2, 0.25) is 0 Å². The Balaban J connectivity index is 1.15. The lowest BCUT2D eigenvalue weighted by Gasteiger charge is -2.33. The lowest BCUT2D eigenvalue weighted by molar-refractivity contribution is -0.156. The molecule has 328 valence electrons. The highest BCUT2D eigenvalue weighted by molar-refractivity contribution is 7.89. The predicted molar refractivity (Wildman–Crippen MR) is 216 cm³/mol. The van der Waals surface area contributed by atoms with Gasteiger partial charge in [0.1, 0.15) is 43.6 Å². The lowest BCUT2D eigenvalue weighted by atomic mass is 10.0. The molecule has 0 aliphatic carbocycles. The molecule has 0 saturated carbocycles. The van der Waals surface area contributed by atoms with Gasteiger partial charge in [0.25, 0.3) is 5.91 Å². The fourth-order valence-electron chi connectivity index (χ4n) is 7.01. The van der Waals surface area contributed by atoms with Crippen molar-refractivity contribution in [2.24, 2.45) is 11.8 Å². The van der Waals surface area contributed by atoms with Gasteiger partial charge < -0.3 is 48.5 Å².